The van der Waals surface area contributed by atoms with E-state index in [2.05, 4.69) is 10.1 Å². The normalized spacial score (nSPS) is 17.6. The smallest absolute Gasteiger partial charge is 0.237 e. The van der Waals surface area contributed by atoms with Gasteiger partial charge in [0, 0.05) is 18.1 Å². The third-order valence-corrected chi connectivity index (χ3v) is 4.50. The molecular formula is C18H18F2N4O2. The number of halogens is 2. The van der Waals surface area contributed by atoms with Gasteiger partial charge in [-0.25, -0.2) is 18.4 Å². The molecule has 8 heteroatoms. The first-order valence-electron chi connectivity index (χ1n) is 8.38. The van der Waals surface area contributed by atoms with Crippen LogP contribution in [0.4, 0.5) is 14.5 Å². The summed E-state index contributed by atoms with van der Waals surface area (Å²) >= 11 is 0. The first kappa shape index (κ1) is 16.7. The topological polar surface area (TPSA) is 75.2 Å². The largest absolute Gasteiger partial charge is 0.480 e. The summed E-state index contributed by atoms with van der Waals surface area (Å²) in [6.45, 7) is 0.610. The number of nitrogens with two attached hydrogens (primary N) is 1. The van der Waals surface area contributed by atoms with Crippen LogP contribution in [0.15, 0.2) is 24.3 Å². The molecule has 1 aliphatic heterocycles. The lowest BCUT2D eigenvalue weighted by molar-refractivity contribution is -0.0365. The lowest BCUT2D eigenvalue weighted by Gasteiger charge is -2.23. The molecule has 1 atom stereocenters. The van der Waals surface area contributed by atoms with Gasteiger partial charge in [0.1, 0.15) is 5.69 Å². The van der Waals surface area contributed by atoms with Gasteiger partial charge in [-0.2, -0.15) is 5.10 Å². The molecule has 1 aliphatic rings. The number of methoxy groups -OCH3 is 1. The highest BCUT2D eigenvalue weighted by molar-refractivity contribution is 5.93. The minimum Gasteiger partial charge on any atom is -0.480 e. The van der Waals surface area contributed by atoms with Crippen molar-refractivity contribution >= 4 is 16.6 Å². The summed E-state index contributed by atoms with van der Waals surface area (Å²) < 4.78 is 40.3. The first-order chi connectivity index (χ1) is 12.6. The molecule has 3 aromatic rings. The number of benzene rings is 1. The van der Waals surface area contributed by atoms with Crippen LogP contribution in [0.3, 0.4) is 0 Å². The van der Waals surface area contributed by atoms with E-state index in [4.69, 9.17) is 15.2 Å². The maximum absolute atomic E-state index is 13.9. The summed E-state index contributed by atoms with van der Waals surface area (Å²) in [5, 5.41) is 5.03. The molecule has 6 nitrogen and oxygen atoms in total. The van der Waals surface area contributed by atoms with E-state index in [1.54, 1.807) is 16.8 Å². The molecule has 1 saturated heterocycles. The Morgan fingerprint density at radius 2 is 2.04 bits per heavy atom. The van der Waals surface area contributed by atoms with Gasteiger partial charge in [0.05, 0.1) is 24.0 Å². The fraction of sp³-hybridized carbons (Fsp3) is 0.333. The zero-order valence-corrected chi connectivity index (χ0v) is 14.2. The molecule has 136 valence electrons. The van der Waals surface area contributed by atoms with Crippen molar-refractivity contribution in [2.45, 2.75) is 25.5 Å². The molecule has 0 aliphatic carbocycles. The maximum Gasteiger partial charge on any atom is 0.237 e. The number of ether oxygens (including phenoxy) is 2. The molecule has 0 spiro atoms. The van der Waals surface area contributed by atoms with Gasteiger partial charge in [-0.05, 0) is 37.5 Å². The van der Waals surface area contributed by atoms with Crippen molar-refractivity contribution in [1.82, 2.24) is 14.8 Å². The third-order valence-electron chi connectivity index (χ3n) is 4.50. The lowest BCUT2D eigenvalue weighted by Crippen LogP contribution is -2.19. The monoisotopic (exact) mass is 360 g/mol. The van der Waals surface area contributed by atoms with Gasteiger partial charge in [-0.15, -0.1) is 0 Å². The molecule has 0 bridgehead atoms. The molecule has 2 aromatic heterocycles. The molecule has 0 amide bonds. The molecule has 2 N–H and O–H groups in total. The molecule has 1 fully saturated rings. The van der Waals surface area contributed by atoms with Crippen LogP contribution >= 0.6 is 0 Å². The molecule has 0 radical (unpaired) electrons. The average Bonchev–Trinajstić information content (AvgIpc) is 3.01. The summed E-state index contributed by atoms with van der Waals surface area (Å²) in [6.07, 6.45) is 2.40. The molecule has 26 heavy (non-hydrogen) atoms. The molecular weight excluding hydrogens is 342 g/mol. The predicted octanol–water partition coefficient (Wildman–Crippen LogP) is 3.67. The summed E-state index contributed by atoms with van der Waals surface area (Å²) in [5.74, 6) is -1.61. The summed E-state index contributed by atoms with van der Waals surface area (Å²) in [4.78, 5) is 4.34. The van der Waals surface area contributed by atoms with Crippen LogP contribution in [0.2, 0.25) is 0 Å². The Bertz CT molecular complexity index is 967. The zero-order valence-electron chi connectivity index (χ0n) is 14.2. The number of hydrogen-bond acceptors (Lipinski definition) is 5. The van der Waals surface area contributed by atoms with Crippen LogP contribution in [-0.4, -0.2) is 28.5 Å². The average molecular weight is 360 g/mol. The molecule has 3 heterocycles. The van der Waals surface area contributed by atoms with E-state index in [1.807, 2.05) is 0 Å². The van der Waals surface area contributed by atoms with Crippen molar-refractivity contribution < 1.29 is 18.3 Å². The number of hydrogen-bond donors (Lipinski definition) is 1. The molecule has 1 unspecified atom stereocenters. The van der Waals surface area contributed by atoms with E-state index in [9.17, 15) is 8.78 Å². The standard InChI is InChI=1S/C18H18F2N4O2/c1-25-18-13(21)5-6-14(22-18)17-10-8-11(19)12(20)9-15(10)24(23-17)16-4-2-3-7-26-16/h5-6,8-9,16H,2-4,7,21H2,1H3. The number of anilines is 1. The summed E-state index contributed by atoms with van der Waals surface area (Å²) in [7, 11) is 1.46. The molecule has 0 saturated carbocycles. The van der Waals surface area contributed by atoms with Crippen molar-refractivity contribution in [2.24, 2.45) is 0 Å². The second kappa shape index (κ2) is 6.53. The Labute approximate surface area is 148 Å². The highest BCUT2D eigenvalue weighted by Crippen LogP contribution is 2.34. The van der Waals surface area contributed by atoms with E-state index in [0.717, 1.165) is 31.4 Å². The Morgan fingerprint density at radius 3 is 2.77 bits per heavy atom. The van der Waals surface area contributed by atoms with Crippen LogP contribution < -0.4 is 10.5 Å². The number of pyridine rings is 1. The van der Waals surface area contributed by atoms with Gasteiger partial charge >= 0.3 is 0 Å². The van der Waals surface area contributed by atoms with Crippen molar-refractivity contribution in [2.75, 3.05) is 19.5 Å². The van der Waals surface area contributed by atoms with Gasteiger partial charge in [-0.1, -0.05) is 0 Å². The number of nitrogens with zero attached hydrogens (tertiary/aromatic N) is 3. The maximum atomic E-state index is 13.9. The second-order valence-electron chi connectivity index (χ2n) is 6.19. The van der Waals surface area contributed by atoms with Crippen molar-refractivity contribution in [3.05, 3.63) is 35.9 Å². The van der Waals surface area contributed by atoms with Crippen molar-refractivity contribution in [1.29, 1.82) is 0 Å². The lowest BCUT2D eigenvalue weighted by atomic mass is 10.1. The van der Waals surface area contributed by atoms with Crippen LogP contribution in [0.5, 0.6) is 5.88 Å². The highest BCUT2D eigenvalue weighted by Gasteiger charge is 2.24. The van der Waals surface area contributed by atoms with Gasteiger partial charge in [-0.3, -0.25) is 0 Å². The van der Waals surface area contributed by atoms with E-state index in [1.165, 1.54) is 7.11 Å². The Kier molecular flexibility index (Phi) is 4.20. The van der Waals surface area contributed by atoms with Crippen LogP contribution in [0, 0.1) is 11.6 Å². The van der Waals surface area contributed by atoms with Crippen LogP contribution in [0.25, 0.3) is 22.3 Å². The number of aromatic nitrogens is 3. The highest BCUT2D eigenvalue weighted by atomic mass is 19.2. The predicted molar refractivity (Wildman–Crippen MR) is 92.7 cm³/mol. The Morgan fingerprint density at radius 1 is 1.23 bits per heavy atom. The minimum absolute atomic E-state index is 0.252. The van der Waals surface area contributed by atoms with Gasteiger partial charge in [0.25, 0.3) is 0 Å². The number of fused-ring (bicyclic) bond motifs is 1. The summed E-state index contributed by atoms with van der Waals surface area (Å²) in [5.41, 5.74) is 7.54. The number of rotatable bonds is 3. The van der Waals surface area contributed by atoms with Crippen LogP contribution in [-0.2, 0) is 4.74 Å². The third kappa shape index (κ3) is 2.76. The SMILES string of the molecule is COc1nc(-c2nn(C3CCCCO3)c3cc(F)c(F)cc23)ccc1N. The van der Waals surface area contributed by atoms with Crippen molar-refractivity contribution in [3.63, 3.8) is 0 Å². The zero-order chi connectivity index (χ0) is 18.3. The summed E-state index contributed by atoms with van der Waals surface area (Å²) in [6, 6.07) is 5.60. The molecule has 4 rings (SSSR count). The fourth-order valence-electron chi connectivity index (χ4n) is 3.20. The quantitative estimate of drug-likeness (QED) is 0.771. The van der Waals surface area contributed by atoms with E-state index >= 15 is 0 Å². The van der Waals surface area contributed by atoms with E-state index in [0.29, 0.717) is 34.6 Å². The van der Waals surface area contributed by atoms with Gasteiger partial charge in [0.2, 0.25) is 5.88 Å². The Hall–Kier alpha value is -2.74. The van der Waals surface area contributed by atoms with Crippen molar-refractivity contribution in [3.8, 4) is 17.3 Å². The minimum atomic E-state index is -0.940. The first-order valence-corrected chi connectivity index (χ1v) is 8.38. The fourth-order valence-corrected chi connectivity index (χ4v) is 3.20. The number of nitrogen functional groups attached to an aromatic ring is 1. The van der Waals surface area contributed by atoms with E-state index < -0.39 is 11.6 Å². The van der Waals surface area contributed by atoms with E-state index in [-0.39, 0.29) is 12.1 Å². The van der Waals surface area contributed by atoms with Gasteiger partial charge in [0.15, 0.2) is 17.9 Å². The molecule has 1 aromatic carbocycles. The second-order valence-corrected chi connectivity index (χ2v) is 6.19. The Balaban J connectivity index is 1.93. The van der Waals surface area contributed by atoms with Gasteiger partial charge < -0.3 is 15.2 Å². The van der Waals surface area contributed by atoms with Crippen LogP contribution in [0.1, 0.15) is 25.5 Å².